The first kappa shape index (κ1) is 18.2. The van der Waals surface area contributed by atoms with Crippen molar-refractivity contribution in [1.29, 1.82) is 0 Å². The zero-order chi connectivity index (χ0) is 18.6. The summed E-state index contributed by atoms with van der Waals surface area (Å²) in [5.41, 5.74) is 2.02. The highest BCUT2D eigenvalue weighted by atomic mass is 16.5. The van der Waals surface area contributed by atoms with Crippen molar-refractivity contribution in [3.63, 3.8) is 0 Å². The summed E-state index contributed by atoms with van der Waals surface area (Å²) in [4.78, 5) is 29.8. The highest BCUT2D eigenvalue weighted by molar-refractivity contribution is 5.86. The summed E-state index contributed by atoms with van der Waals surface area (Å²) in [6, 6.07) is 7.64. The van der Waals surface area contributed by atoms with Gasteiger partial charge in [0, 0.05) is 50.2 Å². The molecule has 0 radical (unpaired) electrons. The van der Waals surface area contributed by atoms with E-state index in [1.807, 2.05) is 29.2 Å². The second-order valence-electron chi connectivity index (χ2n) is 7.46. The maximum atomic E-state index is 12.6. The van der Waals surface area contributed by atoms with Crippen LogP contribution in [0.15, 0.2) is 29.1 Å². The van der Waals surface area contributed by atoms with Crippen molar-refractivity contribution in [1.82, 2.24) is 15.2 Å². The second-order valence-corrected chi connectivity index (χ2v) is 7.46. The number of nitrogens with zero attached hydrogens (tertiary/aromatic N) is 1. The molecule has 6 nitrogen and oxygen atoms in total. The second kappa shape index (κ2) is 8.23. The van der Waals surface area contributed by atoms with E-state index in [4.69, 9.17) is 4.74 Å². The molecule has 1 atom stereocenters. The summed E-state index contributed by atoms with van der Waals surface area (Å²) in [7, 11) is 0. The average Bonchev–Trinajstić information content (AvgIpc) is 3.21. The van der Waals surface area contributed by atoms with Gasteiger partial charge in [0.1, 0.15) is 0 Å². The lowest BCUT2D eigenvalue weighted by Gasteiger charge is -2.29. The van der Waals surface area contributed by atoms with Crippen molar-refractivity contribution in [3.8, 4) is 0 Å². The lowest BCUT2D eigenvalue weighted by Crippen LogP contribution is -2.37. The number of nitrogens with one attached hydrogen (secondary N) is 2. The highest BCUT2D eigenvalue weighted by Gasteiger charge is 2.23. The molecule has 0 saturated carbocycles. The summed E-state index contributed by atoms with van der Waals surface area (Å²) in [6.07, 6.45) is 4.72. The quantitative estimate of drug-likeness (QED) is 0.764. The maximum absolute atomic E-state index is 12.6. The van der Waals surface area contributed by atoms with Crippen LogP contribution in [0.4, 0.5) is 0 Å². The Bertz CT molecular complexity index is 871. The van der Waals surface area contributed by atoms with Crippen molar-refractivity contribution in [3.05, 3.63) is 45.9 Å². The van der Waals surface area contributed by atoms with E-state index < -0.39 is 0 Å². The predicted octanol–water partition coefficient (Wildman–Crippen LogP) is 1.96. The average molecular weight is 369 g/mol. The molecule has 3 heterocycles. The Labute approximate surface area is 158 Å². The Morgan fingerprint density at radius 3 is 2.96 bits per heavy atom. The van der Waals surface area contributed by atoms with Crippen LogP contribution in [0, 0.1) is 0 Å². The fourth-order valence-corrected chi connectivity index (χ4v) is 4.10. The van der Waals surface area contributed by atoms with Crippen molar-refractivity contribution in [2.24, 2.45) is 0 Å². The molecule has 0 unspecified atom stereocenters. The maximum Gasteiger partial charge on any atom is 0.256 e. The van der Waals surface area contributed by atoms with Gasteiger partial charge in [0.2, 0.25) is 5.91 Å². The first-order valence-corrected chi connectivity index (χ1v) is 9.95. The van der Waals surface area contributed by atoms with Gasteiger partial charge >= 0.3 is 0 Å². The van der Waals surface area contributed by atoms with E-state index in [1.54, 1.807) is 0 Å². The lowest BCUT2D eigenvalue weighted by atomic mass is 9.98. The summed E-state index contributed by atoms with van der Waals surface area (Å²) in [5, 5.41) is 5.06. The fourth-order valence-electron chi connectivity index (χ4n) is 4.10. The summed E-state index contributed by atoms with van der Waals surface area (Å²) < 4.78 is 5.59. The first-order chi connectivity index (χ1) is 13.2. The van der Waals surface area contributed by atoms with E-state index in [-0.39, 0.29) is 11.5 Å². The van der Waals surface area contributed by atoms with Crippen LogP contribution in [-0.4, -0.2) is 48.1 Å². The Morgan fingerprint density at radius 2 is 2.15 bits per heavy atom. The van der Waals surface area contributed by atoms with Gasteiger partial charge in [-0.3, -0.25) is 9.59 Å². The summed E-state index contributed by atoms with van der Waals surface area (Å²) in [5.74, 6) is 0.190. The van der Waals surface area contributed by atoms with E-state index in [0.29, 0.717) is 37.4 Å². The Balaban J connectivity index is 1.33. The summed E-state index contributed by atoms with van der Waals surface area (Å²) in [6.45, 7) is 3.84. The molecular formula is C21H27N3O3. The van der Waals surface area contributed by atoms with Crippen LogP contribution in [0.25, 0.3) is 10.8 Å². The van der Waals surface area contributed by atoms with Crippen molar-refractivity contribution in [2.45, 2.75) is 44.8 Å². The van der Waals surface area contributed by atoms with Gasteiger partial charge in [0.15, 0.2) is 0 Å². The Hall–Kier alpha value is -2.18. The van der Waals surface area contributed by atoms with E-state index in [1.165, 1.54) is 0 Å². The van der Waals surface area contributed by atoms with Crippen LogP contribution in [0.3, 0.4) is 0 Å². The van der Waals surface area contributed by atoms with Crippen LogP contribution in [-0.2, 0) is 22.5 Å². The minimum Gasteiger partial charge on any atom is -0.377 e. The SMILES string of the molecule is O=C(CCCNC[C@@H]1CCCO1)N1CCc2[nH]c(=O)c3ccccc3c2C1. The molecule has 2 N–H and O–H groups in total. The zero-order valence-corrected chi connectivity index (χ0v) is 15.6. The third kappa shape index (κ3) is 4.06. The zero-order valence-electron chi connectivity index (χ0n) is 15.6. The minimum atomic E-state index is -0.0403. The van der Waals surface area contributed by atoms with Crippen LogP contribution < -0.4 is 10.9 Å². The molecule has 1 amide bonds. The molecule has 1 aromatic heterocycles. The van der Waals surface area contributed by atoms with E-state index >= 15 is 0 Å². The lowest BCUT2D eigenvalue weighted by molar-refractivity contribution is -0.132. The van der Waals surface area contributed by atoms with Gasteiger partial charge in [0.05, 0.1) is 6.10 Å². The van der Waals surface area contributed by atoms with Gasteiger partial charge in [-0.1, -0.05) is 18.2 Å². The number of hydrogen-bond donors (Lipinski definition) is 2. The fraction of sp³-hybridized carbons (Fsp3) is 0.524. The number of aromatic amines is 1. The number of pyridine rings is 1. The van der Waals surface area contributed by atoms with Gasteiger partial charge in [-0.2, -0.15) is 0 Å². The monoisotopic (exact) mass is 369 g/mol. The van der Waals surface area contributed by atoms with Crippen LogP contribution in [0.1, 0.15) is 36.9 Å². The molecule has 0 aliphatic carbocycles. The van der Waals surface area contributed by atoms with Gasteiger partial charge < -0.3 is 19.9 Å². The van der Waals surface area contributed by atoms with E-state index in [2.05, 4.69) is 10.3 Å². The highest BCUT2D eigenvalue weighted by Crippen LogP contribution is 2.24. The van der Waals surface area contributed by atoms with Crippen LogP contribution >= 0.6 is 0 Å². The third-order valence-corrected chi connectivity index (χ3v) is 5.60. The molecular weight excluding hydrogens is 342 g/mol. The number of H-pyrrole nitrogens is 1. The van der Waals surface area contributed by atoms with Gasteiger partial charge in [0.25, 0.3) is 5.56 Å². The number of carbonyl (C=O) groups excluding carboxylic acids is 1. The van der Waals surface area contributed by atoms with Crippen molar-refractivity contribution < 1.29 is 9.53 Å². The molecule has 2 aliphatic rings. The number of fused-ring (bicyclic) bond motifs is 3. The number of aromatic nitrogens is 1. The predicted molar refractivity (Wildman–Crippen MR) is 105 cm³/mol. The minimum absolute atomic E-state index is 0.0403. The molecule has 1 fully saturated rings. The molecule has 0 spiro atoms. The number of amides is 1. The number of rotatable bonds is 6. The van der Waals surface area contributed by atoms with Crippen LogP contribution in [0.5, 0.6) is 0 Å². The molecule has 2 aliphatic heterocycles. The molecule has 2 aromatic rings. The third-order valence-electron chi connectivity index (χ3n) is 5.60. The normalized spacial score (nSPS) is 19.4. The van der Waals surface area contributed by atoms with E-state index in [0.717, 1.165) is 55.6 Å². The van der Waals surface area contributed by atoms with Crippen LogP contribution in [0.2, 0.25) is 0 Å². The first-order valence-electron chi connectivity index (χ1n) is 9.95. The topological polar surface area (TPSA) is 74.4 Å². The number of benzene rings is 1. The van der Waals surface area contributed by atoms with Gasteiger partial charge in [-0.15, -0.1) is 0 Å². The molecule has 144 valence electrons. The van der Waals surface area contributed by atoms with Crippen molar-refractivity contribution >= 4 is 16.7 Å². The van der Waals surface area contributed by atoms with Crippen molar-refractivity contribution in [2.75, 3.05) is 26.2 Å². The molecule has 6 heteroatoms. The standard InChI is InChI=1S/C21H27N3O3/c25-20(8-3-10-22-13-15-5-4-12-27-15)24-11-9-19-18(14-24)16-6-1-2-7-17(16)21(26)23-19/h1-2,6-7,15,22H,3-5,8-14H2,(H,23,26)/t15-/m0/s1. The Kier molecular flexibility index (Phi) is 5.55. The summed E-state index contributed by atoms with van der Waals surface area (Å²) >= 11 is 0. The van der Waals surface area contributed by atoms with Gasteiger partial charge in [-0.05, 0) is 42.8 Å². The largest absolute Gasteiger partial charge is 0.377 e. The molecule has 0 bridgehead atoms. The molecule has 27 heavy (non-hydrogen) atoms. The van der Waals surface area contributed by atoms with Gasteiger partial charge in [-0.25, -0.2) is 0 Å². The molecule has 1 aromatic carbocycles. The Morgan fingerprint density at radius 1 is 1.30 bits per heavy atom. The molecule has 4 rings (SSSR count). The number of ether oxygens (including phenoxy) is 1. The number of carbonyl (C=O) groups is 1. The molecule has 1 saturated heterocycles. The smallest absolute Gasteiger partial charge is 0.256 e. The number of hydrogen-bond acceptors (Lipinski definition) is 4. The van der Waals surface area contributed by atoms with E-state index in [9.17, 15) is 9.59 Å².